The molecule has 0 N–H and O–H groups in total. The van der Waals surface area contributed by atoms with Crippen LogP contribution in [0.15, 0.2) is 72.8 Å². The van der Waals surface area contributed by atoms with Crippen LogP contribution in [0.2, 0.25) is 0 Å². The molecule has 6 rings (SSSR count). The summed E-state index contributed by atoms with van der Waals surface area (Å²) < 4.78 is 32.4. The third-order valence-electron chi connectivity index (χ3n) is 8.59. The predicted octanol–water partition coefficient (Wildman–Crippen LogP) is 8.91. The van der Waals surface area contributed by atoms with Crippen LogP contribution in [0.25, 0.3) is 21.9 Å². The van der Waals surface area contributed by atoms with E-state index in [2.05, 4.69) is 19.9 Å². The number of rotatable bonds is 7. The van der Waals surface area contributed by atoms with Crippen molar-refractivity contribution in [2.24, 2.45) is 5.41 Å². The van der Waals surface area contributed by atoms with E-state index in [-0.39, 0.29) is 29.3 Å². The Morgan fingerprint density at radius 1 is 1.02 bits per heavy atom. The van der Waals surface area contributed by atoms with Crippen molar-refractivity contribution in [2.45, 2.75) is 78.1 Å². The number of carbonyl (C=O) groups is 1. The molecule has 1 aliphatic carbocycles. The molecule has 2 heterocycles. The maximum atomic E-state index is 13.9. The zero-order chi connectivity index (χ0) is 31.1. The molecule has 6 nitrogen and oxygen atoms in total. The van der Waals surface area contributed by atoms with Gasteiger partial charge in [-0.05, 0) is 98.2 Å². The van der Waals surface area contributed by atoms with Crippen molar-refractivity contribution in [2.75, 3.05) is 13.1 Å². The van der Waals surface area contributed by atoms with Crippen molar-refractivity contribution < 1.29 is 23.4 Å². The first kappa shape index (κ1) is 29.9. The van der Waals surface area contributed by atoms with Gasteiger partial charge in [-0.3, -0.25) is 0 Å². The van der Waals surface area contributed by atoms with E-state index in [4.69, 9.17) is 19.2 Å². The molecule has 0 unspecified atom stereocenters. The second-order valence-corrected chi connectivity index (χ2v) is 13.6. The fraction of sp³-hybridized carbons (Fsp3) is 0.405. The van der Waals surface area contributed by atoms with Crippen LogP contribution in [0.1, 0.15) is 71.1 Å². The highest BCUT2D eigenvalue weighted by Gasteiger charge is 2.51. The first-order valence-corrected chi connectivity index (χ1v) is 15.5. The van der Waals surface area contributed by atoms with Crippen LogP contribution in [0.5, 0.6) is 11.6 Å². The van der Waals surface area contributed by atoms with Gasteiger partial charge in [0.25, 0.3) is 0 Å². The highest BCUT2D eigenvalue weighted by atomic mass is 19.1. The Hall–Kier alpha value is -4.13. The molecule has 3 aromatic carbocycles. The number of aromatic nitrogens is 1. The summed E-state index contributed by atoms with van der Waals surface area (Å²) in [6.07, 6.45) is 2.41. The minimum absolute atomic E-state index is 0.00476. The maximum absolute atomic E-state index is 13.9. The number of halogens is 1. The molecule has 0 atom stereocenters. The summed E-state index contributed by atoms with van der Waals surface area (Å²) in [6.45, 7) is 11.8. The minimum atomic E-state index is -0.511. The molecule has 4 aromatic rings. The van der Waals surface area contributed by atoms with E-state index in [1.54, 1.807) is 0 Å². The lowest BCUT2D eigenvalue weighted by atomic mass is 9.66. The van der Waals surface area contributed by atoms with Crippen molar-refractivity contribution >= 4 is 16.9 Å². The molecule has 0 radical (unpaired) electrons. The molecular weight excluding hydrogens is 555 g/mol. The average Bonchev–Trinajstić information content (AvgIpc) is 3.42. The summed E-state index contributed by atoms with van der Waals surface area (Å²) in [5.74, 6) is 1.15. The first-order chi connectivity index (χ1) is 21.0. The Labute approximate surface area is 259 Å². The minimum Gasteiger partial charge on any atom is -0.489 e. The summed E-state index contributed by atoms with van der Waals surface area (Å²) in [5, 5.41) is 1.85. The quantitative estimate of drug-likeness (QED) is 0.213. The summed E-state index contributed by atoms with van der Waals surface area (Å²) in [5.41, 5.74) is 3.42. The van der Waals surface area contributed by atoms with Crippen molar-refractivity contribution in [3.8, 4) is 22.8 Å². The van der Waals surface area contributed by atoms with Crippen molar-refractivity contribution in [3.05, 3.63) is 89.9 Å². The highest BCUT2D eigenvalue weighted by molar-refractivity contribution is 6.01. The van der Waals surface area contributed by atoms with Gasteiger partial charge in [0.05, 0.1) is 5.69 Å². The van der Waals surface area contributed by atoms with Crippen LogP contribution in [0.4, 0.5) is 9.18 Å². The zero-order valence-electron chi connectivity index (χ0n) is 26.2. The number of ether oxygens (including phenoxy) is 3. The summed E-state index contributed by atoms with van der Waals surface area (Å²) in [7, 11) is 0. The number of hydrogen-bond acceptors (Lipinski definition) is 5. The molecular formula is C37H41FN2O4. The molecule has 2 aliphatic rings. The van der Waals surface area contributed by atoms with Crippen LogP contribution in [-0.4, -0.2) is 40.8 Å². The van der Waals surface area contributed by atoms with E-state index in [9.17, 15) is 9.18 Å². The Balaban J connectivity index is 1.29. The van der Waals surface area contributed by atoms with Crippen molar-refractivity contribution in [1.82, 2.24) is 9.88 Å². The molecule has 7 heteroatoms. The van der Waals surface area contributed by atoms with Gasteiger partial charge in [-0.15, -0.1) is 0 Å². The van der Waals surface area contributed by atoms with Crippen LogP contribution >= 0.6 is 0 Å². The van der Waals surface area contributed by atoms with Gasteiger partial charge in [0, 0.05) is 24.0 Å². The standard InChI is InChI=1S/C37H41FN2O4/c1-24(2)33-32(26-11-13-27(38)14-12-26)30-16-15-28(42-22-25-9-7-6-8-10-25)19-31(30)34(39-33)43-29-20-37(21-29)17-18-40(23-37)35(41)44-36(3,4)5/h6-16,19,24,29H,17-18,20-23H2,1-5H3. The second-order valence-electron chi connectivity index (χ2n) is 13.6. The van der Waals surface area contributed by atoms with Gasteiger partial charge >= 0.3 is 6.09 Å². The molecule has 1 aromatic heterocycles. The smallest absolute Gasteiger partial charge is 0.410 e. The average molecular weight is 597 g/mol. The maximum Gasteiger partial charge on any atom is 0.410 e. The Bertz CT molecular complexity index is 1640. The van der Waals surface area contributed by atoms with E-state index < -0.39 is 5.60 Å². The summed E-state index contributed by atoms with van der Waals surface area (Å²) >= 11 is 0. The normalized spacial score (nSPS) is 19.8. The second kappa shape index (κ2) is 11.8. The number of pyridine rings is 1. The molecule has 1 aliphatic heterocycles. The Kier molecular flexibility index (Phi) is 7.99. The van der Waals surface area contributed by atoms with Gasteiger partial charge in [-0.25, -0.2) is 14.2 Å². The topological polar surface area (TPSA) is 60.9 Å². The lowest BCUT2D eigenvalue weighted by Gasteiger charge is -2.44. The molecule has 1 amide bonds. The van der Waals surface area contributed by atoms with Crippen molar-refractivity contribution in [3.63, 3.8) is 0 Å². The van der Waals surface area contributed by atoms with Gasteiger partial charge in [0.15, 0.2) is 0 Å². The third-order valence-corrected chi connectivity index (χ3v) is 8.59. The van der Waals surface area contributed by atoms with Crippen LogP contribution in [0, 0.1) is 11.2 Å². The summed E-state index contributed by atoms with van der Waals surface area (Å²) in [6, 6.07) is 22.7. The summed E-state index contributed by atoms with van der Waals surface area (Å²) in [4.78, 5) is 19.6. The number of hydrogen-bond donors (Lipinski definition) is 0. The monoisotopic (exact) mass is 596 g/mol. The van der Waals surface area contributed by atoms with E-state index in [1.807, 2.05) is 80.3 Å². The van der Waals surface area contributed by atoms with Crippen molar-refractivity contribution in [1.29, 1.82) is 0 Å². The van der Waals surface area contributed by atoms with Crippen LogP contribution in [-0.2, 0) is 11.3 Å². The Morgan fingerprint density at radius 2 is 1.75 bits per heavy atom. The van der Waals surface area contributed by atoms with Gasteiger partial charge in [0.1, 0.15) is 29.9 Å². The number of amides is 1. The molecule has 44 heavy (non-hydrogen) atoms. The van der Waals surface area contributed by atoms with E-state index in [1.165, 1.54) is 12.1 Å². The fourth-order valence-electron chi connectivity index (χ4n) is 6.44. The van der Waals surface area contributed by atoms with E-state index >= 15 is 0 Å². The number of fused-ring (bicyclic) bond motifs is 1. The predicted molar refractivity (Wildman–Crippen MR) is 171 cm³/mol. The molecule has 230 valence electrons. The van der Waals surface area contributed by atoms with Gasteiger partial charge in [-0.2, -0.15) is 0 Å². The first-order valence-electron chi connectivity index (χ1n) is 15.5. The molecule has 0 bridgehead atoms. The lowest BCUT2D eigenvalue weighted by molar-refractivity contribution is -0.0150. The molecule has 1 spiro atoms. The molecule has 2 fully saturated rings. The van der Waals surface area contributed by atoms with Gasteiger partial charge in [0.2, 0.25) is 5.88 Å². The van der Waals surface area contributed by atoms with Crippen LogP contribution < -0.4 is 9.47 Å². The highest BCUT2D eigenvalue weighted by Crippen LogP contribution is 2.50. The number of carbonyl (C=O) groups excluding carboxylic acids is 1. The van der Waals surface area contributed by atoms with Gasteiger partial charge in [-0.1, -0.05) is 56.3 Å². The number of nitrogens with zero attached hydrogens (tertiary/aromatic N) is 2. The van der Waals surface area contributed by atoms with Gasteiger partial charge < -0.3 is 19.1 Å². The third kappa shape index (κ3) is 6.37. The van der Waals surface area contributed by atoms with Crippen LogP contribution in [0.3, 0.4) is 0 Å². The molecule has 1 saturated carbocycles. The van der Waals surface area contributed by atoms with E-state index in [0.717, 1.165) is 58.2 Å². The fourth-order valence-corrected chi connectivity index (χ4v) is 6.44. The lowest BCUT2D eigenvalue weighted by Crippen LogP contribution is -2.47. The number of likely N-dealkylation sites (tertiary alicyclic amines) is 1. The SMILES string of the molecule is CC(C)c1nc(OC2CC3(CCN(C(=O)OC(C)(C)C)C3)C2)c2cc(OCc3ccccc3)ccc2c1-c1ccc(F)cc1. The zero-order valence-corrected chi connectivity index (χ0v) is 26.2. The number of benzene rings is 3. The van der Waals surface area contributed by atoms with E-state index in [0.29, 0.717) is 25.6 Å². The Morgan fingerprint density at radius 3 is 2.43 bits per heavy atom. The molecule has 1 saturated heterocycles. The largest absolute Gasteiger partial charge is 0.489 e.